The first-order valence-electron chi connectivity index (χ1n) is 10.6. The van der Waals surface area contributed by atoms with Gasteiger partial charge in [0.05, 0.1) is 23.2 Å². The Bertz CT molecular complexity index is 1180. The van der Waals surface area contributed by atoms with Gasteiger partial charge in [0.15, 0.2) is 9.84 Å². The fraction of sp³-hybridized carbons (Fsp3) is 0.292. The van der Waals surface area contributed by atoms with Crippen LogP contribution in [0.15, 0.2) is 70.0 Å². The molecule has 4 rings (SSSR count). The van der Waals surface area contributed by atoms with Gasteiger partial charge in [-0.3, -0.25) is 4.79 Å². The molecular formula is C24H25ClN2O4S. The summed E-state index contributed by atoms with van der Waals surface area (Å²) in [5.41, 5.74) is 1.50. The van der Waals surface area contributed by atoms with E-state index in [4.69, 9.17) is 16.0 Å². The number of carbonyl (C=O) groups is 1. The van der Waals surface area contributed by atoms with Gasteiger partial charge in [-0.25, -0.2) is 8.42 Å². The van der Waals surface area contributed by atoms with Crippen LogP contribution in [0, 0.1) is 0 Å². The Morgan fingerprint density at radius 1 is 1.03 bits per heavy atom. The maximum absolute atomic E-state index is 12.8. The number of hydrogen-bond acceptors (Lipinski definition) is 5. The van der Waals surface area contributed by atoms with Gasteiger partial charge >= 0.3 is 0 Å². The molecule has 1 fully saturated rings. The Morgan fingerprint density at radius 2 is 1.78 bits per heavy atom. The smallest absolute Gasteiger partial charge is 0.239 e. The van der Waals surface area contributed by atoms with E-state index in [0.717, 1.165) is 31.2 Å². The van der Waals surface area contributed by atoms with Gasteiger partial charge in [-0.05, 0) is 67.4 Å². The van der Waals surface area contributed by atoms with Crippen molar-refractivity contribution in [3.8, 4) is 11.3 Å². The zero-order chi connectivity index (χ0) is 22.6. The summed E-state index contributed by atoms with van der Waals surface area (Å²) in [4.78, 5) is 12.6. The minimum absolute atomic E-state index is 0.0255. The molecular weight excluding hydrogens is 448 g/mol. The number of halogens is 1. The molecule has 1 amide bonds. The average Bonchev–Trinajstić information content (AvgIpc) is 3.50. The molecule has 3 aromatic rings. The van der Waals surface area contributed by atoms with Gasteiger partial charge in [0, 0.05) is 16.3 Å². The molecule has 0 unspecified atom stereocenters. The van der Waals surface area contributed by atoms with Crippen LogP contribution in [-0.4, -0.2) is 26.1 Å². The second-order valence-corrected chi connectivity index (χ2v) is 10.5. The summed E-state index contributed by atoms with van der Waals surface area (Å²) in [6, 6.07) is 17.7. The number of hydrogen-bond donors (Lipinski definition) is 2. The Balaban J connectivity index is 1.30. The van der Waals surface area contributed by atoms with E-state index in [2.05, 4.69) is 10.6 Å². The third kappa shape index (κ3) is 5.34. The lowest BCUT2D eigenvalue weighted by atomic mass is 10.2. The molecule has 2 aromatic carbocycles. The zero-order valence-electron chi connectivity index (χ0n) is 17.5. The summed E-state index contributed by atoms with van der Waals surface area (Å²) < 4.78 is 31.3. The van der Waals surface area contributed by atoms with Crippen LogP contribution in [0.2, 0.25) is 5.02 Å². The molecule has 168 valence electrons. The Labute approximate surface area is 192 Å². The van der Waals surface area contributed by atoms with E-state index >= 15 is 0 Å². The average molecular weight is 473 g/mol. The molecule has 8 heteroatoms. The third-order valence-corrected chi connectivity index (χ3v) is 8.12. The maximum Gasteiger partial charge on any atom is 0.239 e. The Hall–Kier alpha value is -2.77. The molecule has 1 aromatic heterocycles. The van der Waals surface area contributed by atoms with Crippen LogP contribution in [0.4, 0.5) is 5.69 Å². The van der Waals surface area contributed by atoms with E-state index in [1.165, 1.54) is 0 Å². The lowest BCUT2D eigenvalue weighted by Crippen LogP contribution is -2.29. The monoisotopic (exact) mass is 472 g/mol. The SMILES string of the molecule is O=C(CNc1cccc(S(=O)(=O)C2CCCC2)c1)NCc1ccc(-c2ccc(Cl)cc2)o1. The van der Waals surface area contributed by atoms with Gasteiger partial charge in [-0.2, -0.15) is 0 Å². The highest BCUT2D eigenvalue weighted by Gasteiger charge is 2.30. The molecule has 0 atom stereocenters. The van der Waals surface area contributed by atoms with Crippen molar-refractivity contribution in [2.24, 2.45) is 0 Å². The summed E-state index contributed by atoms with van der Waals surface area (Å²) in [6.45, 7) is 0.280. The summed E-state index contributed by atoms with van der Waals surface area (Å²) in [5, 5.41) is 6.15. The second-order valence-electron chi connectivity index (χ2n) is 7.88. The standard InChI is InChI=1S/C24H25ClN2O4S/c25-18-10-8-17(9-11-18)23-13-12-20(31-23)15-27-24(28)16-26-19-4-3-7-22(14-19)32(29,30)21-5-1-2-6-21/h3-4,7-14,21,26H,1-2,5-6,15-16H2,(H,27,28). The van der Waals surface area contributed by atoms with E-state index in [1.807, 2.05) is 24.3 Å². The first kappa shape index (κ1) is 22.4. The van der Waals surface area contributed by atoms with Crippen molar-refractivity contribution >= 4 is 33.0 Å². The molecule has 1 heterocycles. The maximum atomic E-state index is 12.8. The zero-order valence-corrected chi connectivity index (χ0v) is 19.1. The first-order valence-corrected chi connectivity index (χ1v) is 12.5. The molecule has 0 bridgehead atoms. The molecule has 1 saturated carbocycles. The molecule has 0 aliphatic heterocycles. The van der Waals surface area contributed by atoms with Crippen molar-refractivity contribution < 1.29 is 17.6 Å². The van der Waals surface area contributed by atoms with Gasteiger partial charge in [0.2, 0.25) is 5.91 Å². The third-order valence-electron chi connectivity index (χ3n) is 5.61. The highest BCUT2D eigenvalue weighted by atomic mass is 35.5. The predicted molar refractivity (Wildman–Crippen MR) is 125 cm³/mol. The van der Waals surface area contributed by atoms with Crippen molar-refractivity contribution in [2.75, 3.05) is 11.9 Å². The molecule has 6 nitrogen and oxygen atoms in total. The normalized spacial score (nSPS) is 14.4. The van der Waals surface area contributed by atoms with Gasteiger partial charge in [0.1, 0.15) is 11.5 Å². The Kier molecular flexibility index (Phi) is 6.86. The lowest BCUT2D eigenvalue weighted by molar-refractivity contribution is -0.119. The summed E-state index contributed by atoms with van der Waals surface area (Å²) in [6.07, 6.45) is 3.35. The number of anilines is 1. The summed E-state index contributed by atoms with van der Waals surface area (Å²) in [7, 11) is -3.33. The van der Waals surface area contributed by atoms with Gasteiger partial charge in [-0.1, -0.05) is 30.5 Å². The van der Waals surface area contributed by atoms with Gasteiger partial charge < -0.3 is 15.1 Å². The number of sulfone groups is 1. The van der Waals surface area contributed by atoms with Crippen molar-refractivity contribution in [3.05, 3.63) is 71.4 Å². The molecule has 0 spiro atoms. The molecule has 2 N–H and O–H groups in total. The van der Waals surface area contributed by atoms with E-state index in [9.17, 15) is 13.2 Å². The van der Waals surface area contributed by atoms with Gasteiger partial charge in [0.25, 0.3) is 0 Å². The molecule has 1 aliphatic carbocycles. The summed E-state index contributed by atoms with van der Waals surface area (Å²) >= 11 is 5.91. The molecule has 1 aliphatic rings. The van der Waals surface area contributed by atoms with E-state index in [-0.39, 0.29) is 24.2 Å². The highest BCUT2D eigenvalue weighted by Crippen LogP contribution is 2.30. The first-order chi connectivity index (χ1) is 15.4. The summed E-state index contributed by atoms with van der Waals surface area (Å²) in [5.74, 6) is 1.11. The number of benzene rings is 2. The second kappa shape index (κ2) is 9.79. The van der Waals surface area contributed by atoms with Crippen molar-refractivity contribution in [1.82, 2.24) is 5.32 Å². The largest absolute Gasteiger partial charge is 0.459 e. The lowest BCUT2D eigenvalue weighted by Gasteiger charge is -2.13. The van der Waals surface area contributed by atoms with Crippen molar-refractivity contribution in [1.29, 1.82) is 0 Å². The fourth-order valence-corrected chi connectivity index (χ4v) is 5.87. The molecule has 0 saturated heterocycles. The van der Waals surface area contributed by atoms with E-state index in [1.54, 1.807) is 36.4 Å². The minimum Gasteiger partial charge on any atom is -0.459 e. The Morgan fingerprint density at radius 3 is 2.53 bits per heavy atom. The van der Waals surface area contributed by atoms with Crippen LogP contribution in [-0.2, 0) is 21.2 Å². The number of furan rings is 1. The van der Waals surface area contributed by atoms with Crippen molar-refractivity contribution in [3.63, 3.8) is 0 Å². The molecule has 32 heavy (non-hydrogen) atoms. The number of nitrogens with one attached hydrogen (secondary N) is 2. The van der Waals surface area contributed by atoms with E-state index in [0.29, 0.717) is 27.1 Å². The van der Waals surface area contributed by atoms with Crippen LogP contribution in [0.1, 0.15) is 31.4 Å². The topological polar surface area (TPSA) is 88.4 Å². The number of carbonyl (C=O) groups excluding carboxylic acids is 1. The van der Waals surface area contributed by atoms with Crippen LogP contribution in [0.3, 0.4) is 0 Å². The van der Waals surface area contributed by atoms with Crippen LogP contribution in [0.5, 0.6) is 0 Å². The minimum atomic E-state index is -3.33. The fourth-order valence-electron chi connectivity index (χ4n) is 3.85. The quantitative estimate of drug-likeness (QED) is 0.479. The highest BCUT2D eigenvalue weighted by molar-refractivity contribution is 7.92. The van der Waals surface area contributed by atoms with Crippen LogP contribution < -0.4 is 10.6 Å². The van der Waals surface area contributed by atoms with Crippen LogP contribution >= 0.6 is 11.6 Å². The molecule has 0 radical (unpaired) electrons. The predicted octanol–water partition coefficient (Wildman–Crippen LogP) is 5.04. The van der Waals surface area contributed by atoms with E-state index < -0.39 is 9.84 Å². The number of amides is 1. The van der Waals surface area contributed by atoms with Crippen molar-refractivity contribution in [2.45, 2.75) is 42.4 Å². The van der Waals surface area contributed by atoms with Gasteiger partial charge in [-0.15, -0.1) is 0 Å². The van der Waals surface area contributed by atoms with Crippen LogP contribution in [0.25, 0.3) is 11.3 Å². The number of rotatable bonds is 8.